The first-order chi connectivity index (χ1) is 7.64. The van der Waals surface area contributed by atoms with Gasteiger partial charge >= 0.3 is 0 Å². The fourth-order valence-electron chi connectivity index (χ4n) is 2.43. The third-order valence-electron chi connectivity index (χ3n) is 3.59. The number of amides is 1. The molecule has 1 N–H and O–H groups in total. The second kappa shape index (κ2) is 4.79. The molecule has 17 heavy (non-hydrogen) atoms. The van der Waals surface area contributed by atoms with Crippen molar-refractivity contribution in [2.24, 2.45) is 23.2 Å². The molecule has 0 aromatic rings. The Kier molecular flexibility index (Phi) is 4.00. The molecule has 1 saturated carbocycles. The standard InChI is InChI=1S/C14H25NO2/c1-8(2)10-7-11(10)13(17)15-12(9(3)16)14(4,5)6/h8,10-12H,7H2,1-6H3,(H,15,17)/t10-,11?,12-/m1/s1. The highest BCUT2D eigenvalue weighted by molar-refractivity contribution is 5.90. The van der Waals surface area contributed by atoms with Gasteiger partial charge in [-0.05, 0) is 30.6 Å². The first kappa shape index (κ1) is 14.2. The number of carbonyl (C=O) groups excluding carboxylic acids is 2. The quantitative estimate of drug-likeness (QED) is 0.819. The molecule has 98 valence electrons. The summed E-state index contributed by atoms with van der Waals surface area (Å²) < 4.78 is 0. The summed E-state index contributed by atoms with van der Waals surface area (Å²) in [6.45, 7) is 11.8. The first-order valence-electron chi connectivity index (χ1n) is 6.45. The molecule has 1 amide bonds. The SMILES string of the molecule is CC(=O)[C@@H](NC(=O)C1C[C@@H]1C(C)C)C(C)(C)C. The van der Waals surface area contributed by atoms with Crippen LogP contribution in [0.15, 0.2) is 0 Å². The topological polar surface area (TPSA) is 46.2 Å². The number of Topliss-reactive ketones (excluding diaryl/α,β-unsaturated/α-hetero) is 1. The molecular formula is C14H25NO2. The Morgan fingerprint density at radius 1 is 1.24 bits per heavy atom. The molecule has 1 rings (SSSR count). The molecule has 0 saturated heterocycles. The maximum Gasteiger partial charge on any atom is 0.224 e. The van der Waals surface area contributed by atoms with Gasteiger partial charge in [0.2, 0.25) is 5.91 Å². The van der Waals surface area contributed by atoms with E-state index in [-0.39, 0.29) is 29.1 Å². The second-order valence-electron chi connectivity index (χ2n) is 6.67. The van der Waals surface area contributed by atoms with Crippen molar-refractivity contribution < 1.29 is 9.59 Å². The smallest absolute Gasteiger partial charge is 0.224 e. The van der Waals surface area contributed by atoms with Gasteiger partial charge in [-0.25, -0.2) is 0 Å². The number of rotatable bonds is 4. The highest BCUT2D eigenvalue weighted by Gasteiger charge is 2.46. The lowest BCUT2D eigenvalue weighted by molar-refractivity contribution is -0.130. The average molecular weight is 239 g/mol. The molecule has 0 spiro atoms. The van der Waals surface area contributed by atoms with Crippen LogP contribution in [0.1, 0.15) is 48.0 Å². The van der Waals surface area contributed by atoms with Crippen LogP contribution >= 0.6 is 0 Å². The molecule has 0 heterocycles. The van der Waals surface area contributed by atoms with E-state index in [2.05, 4.69) is 19.2 Å². The molecule has 0 aliphatic heterocycles. The van der Waals surface area contributed by atoms with Crippen molar-refractivity contribution in [3.05, 3.63) is 0 Å². The van der Waals surface area contributed by atoms with Crippen molar-refractivity contribution in [1.82, 2.24) is 5.32 Å². The normalized spacial score (nSPS) is 25.6. The highest BCUT2D eigenvalue weighted by Crippen LogP contribution is 2.44. The van der Waals surface area contributed by atoms with E-state index >= 15 is 0 Å². The Labute approximate surface area is 104 Å². The highest BCUT2D eigenvalue weighted by atomic mass is 16.2. The summed E-state index contributed by atoms with van der Waals surface area (Å²) in [6.07, 6.45) is 0.971. The largest absolute Gasteiger partial charge is 0.346 e. The molecule has 3 heteroatoms. The van der Waals surface area contributed by atoms with Crippen molar-refractivity contribution in [2.75, 3.05) is 0 Å². The minimum Gasteiger partial charge on any atom is -0.346 e. The third-order valence-corrected chi connectivity index (χ3v) is 3.59. The number of nitrogens with one attached hydrogen (secondary N) is 1. The number of hydrogen-bond acceptors (Lipinski definition) is 2. The predicted octanol–water partition coefficient (Wildman–Crippen LogP) is 2.40. The maximum absolute atomic E-state index is 12.0. The van der Waals surface area contributed by atoms with E-state index in [0.29, 0.717) is 11.8 Å². The van der Waals surface area contributed by atoms with Crippen LogP contribution < -0.4 is 5.32 Å². The van der Waals surface area contributed by atoms with Crippen molar-refractivity contribution in [1.29, 1.82) is 0 Å². The molecular weight excluding hydrogens is 214 g/mol. The summed E-state index contributed by atoms with van der Waals surface area (Å²) in [7, 11) is 0. The summed E-state index contributed by atoms with van der Waals surface area (Å²) >= 11 is 0. The number of carbonyl (C=O) groups is 2. The molecule has 1 unspecified atom stereocenters. The summed E-state index contributed by atoms with van der Waals surface area (Å²) in [5.41, 5.74) is -0.219. The lowest BCUT2D eigenvalue weighted by atomic mass is 9.84. The number of hydrogen-bond donors (Lipinski definition) is 1. The summed E-state index contributed by atoms with van der Waals surface area (Å²) in [5.74, 6) is 1.27. The summed E-state index contributed by atoms with van der Waals surface area (Å²) in [5, 5.41) is 2.91. The number of ketones is 1. The van der Waals surface area contributed by atoms with Crippen molar-refractivity contribution in [2.45, 2.75) is 54.0 Å². The van der Waals surface area contributed by atoms with Gasteiger partial charge in [-0.3, -0.25) is 9.59 Å². The Balaban J connectivity index is 2.59. The molecule has 0 bridgehead atoms. The van der Waals surface area contributed by atoms with E-state index in [1.165, 1.54) is 0 Å². The van der Waals surface area contributed by atoms with E-state index < -0.39 is 0 Å². The van der Waals surface area contributed by atoms with Gasteiger partial charge in [0.25, 0.3) is 0 Å². The van der Waals surface area contributed by atoms with E-state index in [1.54, 1.807) is 6.92 Å². The van der Waals surface area contributed by atoms with Crippen molar-refractivity contribution in [3.8, 4) is 0 Å². The zero-order valence-corrected chi connectivity index (χ0v) is 11.8. The Bertz CT molecular complexity index is 315. The van der Waals surface area contributed by atoms with Gasteiger partial charge in [-0.1, -0.05) is 34.6 Å². The van der Waals surface area contributed by atoms with Crippen LogP contribution in [0.2, 0.25) is 0 Å². The van der Waals surface area contributed by atoms with E-state index in [0.717, 1.165) is 6.42 Å². The van der Waals surface area contributed by atoms with Gasteiger partial charge in [0.15, 0.2) is 5.78 Å². The van der Waals surface area contributed by atoms with Crippen molar-refractivity contribution >= 4 is 11.7 Å². The van der Waals surface area contributed by atoms with Crippen LogP contribution in [0, 0.1) is 23.2 Å². The molecule has 0 radical (unpaired) electrons. The maximum atomic E-state index is 12.0. The molecule has 1 aliphatic rings. The molecule has 0 aromatic carbocycles. The third kappa shape index (κ3) is 3.55. The van der Waals surface area contributed by atoms with E-state index in [1.807, 2.05) is 20.8 Å². The predicted molar refractivity (Wildman–Crippen MR) is 68.5 cm³/mol. The lowest BCUT2D eigenvalue weighted by Crippen LogP contribution is -2.48. The fourth-order valence-corrected chi connectivity index (χ4v) is 2.43. The van der Waals surface area contributed by atoms with Crippen molar-refractivity contribution in [3.63, 3.8) is 0 Å². The average Bonchev–Trinajstić information content (AvgIpc) is 2.90. The summed E-state index contributed by atoms with van der Waals surface area (Å²) in [4.78, 5) is 23.6. The van der Waals surface area contributed by atoms with Gasteiger partial charge in [0.1, 0.15) is 0 Å². The van der Waals surface area contributed by atoms with Crippen LogP contribution in [0.4, 0.5) is 0 Å². The van der Waals surface area contributed by atoms with Gasteiger partial charge in [0, 0.05) is 5.92 Å². The lowest BCUT2D eigenvalue weighted by Gasteiger charge is -2.29. The summed E-state index contributed by atoms with van der Waals surface area (Å²) in [6, 6.07) is -0.372. The zero-order chi connectivity index (χ0) is 13.4. The molecule has 1 aliphatic carbocycles. The molecule has 0 aromatic heterocycles. The van der Waals surface area contributed by atoms with Gasteiger partial charge < -0.3 is 5.32 Å². The Morgan fingerprint density at radius 2 is 1.76 bits per heavy atom. The van der Waals surface area contributed by atoms with Crippen LogP contribution in [-0.4, -0.2) is 17.7 Å². The van der Waals surface area contributed by atoms with Gasteiger partial charge in [-0.2, -0.15) is 0 Å². The first-order valence-corrected chi connectivity index (χ1v) is 6.45. The molecule has 3 nitrogen and oxygen atoms in total. The Morgan fingerprint density at radius 3 is 2.06 bits per heavy atom. The minimum absolute atomic E-state index is 0.0348. The fraction of sp³-hybridized carbons (Fsp3) is 0.857. The van der Waals surface area contributed by atoms with Crippen LogP contribution in [0.25, 0.3) is 0 Å². The Hall–Kier alpha value is -0.860. The zero-order valence-electron chi connectivity index (χ0n) is 11.8. The minimum atomic E-state index is -0.372. The monoisotopic (exact) mass is 239 g/mol. The molecule has 1 fully saturated rings. The van der Waals surface area contributed by atoms with E-state index in [9.17, 15) is 9.59 Å². The van der Waals surface area contributed by atoms with Crippen LogP contribution in [-0.2, 0) is 9.59 Å². The second-order valence-corrected chi connectivity index (χ2v) is 6.67. The molecule has 3 atom stereocenters. The van der Waals surface area contributed by atoms with Gasteiger partial charge in [0.05, 0.1) is 6.04 Å². The van der Waals surface area contributed by atoms with Crippen LogP contribution in [0.5, 0.6) is 0 Å². The van der Waals surface area contributed by atoms with E-state index in [4.69, 9.17) is 0 Å². The van der Waals surface area contributed by atoms with Gasteiger partial charge in [-0.15, -0.1) is 0 Å². The van der Waals surface area contributed by atoms with Crippen LogP contribution in [0.3, 0.4) is 0 Å².